The molecule has 29 heavy (non-hydrogen) atoms. The van der Waals surface area contributed by atoms with E-state index in [-0.39, 0.29) is 18.3 Å². The predicted molar refractivity (Wildman–Crippen MR) is 121 cm³/mol. The van der Waals surface area contributed by atoms with Crippen LogP contribution >= 0.6 is 23.7 Å². The summed E-state index contributed by atoms with van der Waals surface area (Å²) in [5.74, 6) is 0.646. The van der Waals surface area contributed by atoms with E-state index in [1.54, 1.807) is 29.9 Å². The summed E-state index contributed by atoms with van der Waals surface area (Å²) in [5.41, 5.74) is 3.37. The maximum absolute atomic E-state index is 13.4. The van der Waals surface area contributed by atoms with Crippen molar-refractivity contribution in [2.75, 3.05) is 39.2 Å². The number of anilines is 1. The van der Waals surface area contributed by atoms with Gasteiger partial charge in [-0.05, 0) is 58.1 Å². The van der Waals surface area contributed by atoms with Gasteiger partial charge in [0, 0.05) is 13.6 Å². The summed E-state index contributed by atoms with van der Waals surface area (Å²) in [7, 11) is 7.50. The van der Waals surface area contributed by atoms with E-state index < -0.39 is 0 Å². The lowest BCUT2D eigenvalue weighted by Gasteiger charge is -2.21. The molecule has 3 aromatic rings. The Morgan fingerprint density at radius 3 is 2.52 bits per heavy atom. The van der Waals surface area contributed by atoms with E-state index >= 15 is 0 Å². The first-order valence-corrected chi connectivity index (χ1v) is 10.0. The third kappa shape index (κ3) is 4.71. The first-order valence-electron chi connectivity index (χ1n) is 9.22. The van der Waals surface area contributed by atoms with Gasteiger partial charge in [0.25, 0.3) is 5.91 Å². The van der Waals surface area contributed by atoms with Gasteiger partial charge in [-0.3, -0.25) is 14.4 Å². The number of carbonyl (C=O) groups excluding carboxylic acids is 1. The average molecular weight is 438 g/mol. The summed E-state index contributed by atoms with van der Waals surface area (Å²) in [6.45, 7) is 5.43. The molecular weight excluding hydrogens is 410 g/mol. The van der Waals surface area contributed by atoms with E-state index in [9.17, 15) is 4.79 Å². The fourth-order valence-corrected chi connectivity index (χ4v) is 4.27. The third-order valence-corrected chi connectivity index (χ3v) is 5.91. The molecule has 0 aliphatic rings. The van der Waals surface area contributed by atoms with Gasteiger partial charge in [0.1, 0.15) is 17.0 Å². The van der Waals surface area contributed by atoms with Crippen LogP contribution in [0, 0.1) is 13.8 Å². The zero-order chi connectivity index (χ0) is 20.4. The number of aryl methyl sites for hydroxylation is 3. The van der Waals surface area contributed by atoms with Crippen LogP contribution in [0.1, 0.15) is 28.0 Å². The Kier molecular flexibility index (Phi) is 7.62. The number of fused-ring (bicyclic) bond motifs is 1. The Labute approximate surface area is 181 Å². The number of ether oxygens (including phenoxy) is 1. The number of benzene rings is 1. The Hall–Kier alpha value is -2.16. The quantitative estimate of drug-likeness (QED) is 0.564. The van der Waals surface area contributed by atoms with Crippen LogP contribution in [0.2, 0.25) is 0 Å². The van der Waals surface area contributed by atoms with Gasteiger partial charge < -0.3 is 9.64 Å². The van der Waals surface area contributed by atoms with Crippen molar-refractivity contribution in [1.82, 2.24) is 19.7 Å². The van der Waals surface area contributed by atoms with E-state index in [0.717, 1.165) is 40.1 Å². The van der Waals surface area contributed by atoms with Crippen molar-refractivity contribution in [3.8, 4) is 5.75 Å². The summed E-state index contributed by atoms with van der Waals surface area (Å²) >= 11 is 1.53. The number of methoxy groups -OCH3 is 1. The van der Waals surface area contributed by atoms with Crippen LogP contribution in [0.25, 0.3) is 10.2 Å². The predicted octanol–water partition coefficient (Wildman–Crippen LogP) is 3.68. The van der Waals surface area contributed by atoms with Gasteiger partial charge >= 0.3 is 0 Å². The molecule has 1 aromatic carbocycles. The summed E-state index contributed by atoms with van der Waals surface area (Å²) in [4.78, 5) is 22.1. The van der Waals surface area contributed by atoms with E-state index in [4.69, 9.17) is 9.72 Å². The molecule has 2 aromatic heterocycles. The number of rotatable bonds is 7. The standard InChI is InChI=1S/C20H27N5O2S.ClH/c1-13-8-9-15(27-6)16-18(13)28-20(22-16)25(11-7-10-23(3)4)19(26)17-14(2)12-21-24(17)5;/h8-9,12H,7,10-11H2,1-6H3;1H. The molecule has 0 unspecified atom stereocenters. The summed E-state index contributed by atoms with van der Waals surface area (Å²) in [6, 6.07) is 3.94. The first kappa shape index (κ1) is 23.1. The van der Waals surface area contributed by atoms with Gasteiger partial charge in [0.15, 0.2) is 5.13 Å². The fourth-order valence-electron chi connectivity index (χ4n) is 3.19. The van der Waals surface area contributed by atoms with E-state index in [2.05, 4.69) is 10.00 Å². The average Bonchev–Trinajstić information content (AvgIpc) is 3.23. The number of amides is 1. The highest BCUT2D eigenvalue weighted by Gasteiger charge is 2.26. The highest BCUT2D eigenvalue weighted by molar-refractivity contribution is 7.22. The molecule has 0 N–H and O–H groups in total. The molecule has 0 atom stereocenters. The van der Waals surface area contributed by atoms with Crippen LogP contribution in [0.3, 0.4) is 0 Å². The molecule has 0 aliphatic heterocycles. The van der Waals surface area contributed by atoms with Crippen LogP contribution in [0.5, 0.6) is 5.75 Å². The molecule has 0 bridgehead atoms. The van der Waals surface area contributed by atoms with E-state index in [1.165, 1.54) is 11.3 Å². The van der Waals surface area contributed by atoms with E-state index in [1.807, 2.05) is 40.1 Å². The highest BCUT2D eigenvalue weighted by Crippen LogP contribution is 2.37. The molecule has 9 heteroatoms. The number of carbonyl (C=O) groups is 1. The molecule has 0 radical (unpaired) electrons. The van der Waals surface area contributed by atoms with Gasteiger partial charge in [-0.25, -0.2) is 4.98 Å². The second-order valence-electron chi connectivity index (χ2n) is 7.17. The van der Waals surface area contributed by atoms with E-state index in [0.29, 0.717) is 17.4 Å². The van der Waals surface area contributed by atoms with Crippen LogP contribution in [-0.4, -0.2) is 59.9 Å². The maximum atomic E-state index is 13.4. The monoisotopic (exact) mass is 437 g/mol. The summed E-state index contributed by atoms with van der Waals surface area (Å²) < 4.78 is 8.16. The Morgan fingerprint density at radius 2 is 1.93 bits per heavy atom. The highest BCUT2D eigenvalue weighted by atomic mass is 35.5. The minimum absolute atomic E-state index is 0. The van der Waals surface area contributed by atoms with Crippen LogP contribution in [-0.2, 0) is 7.05 Å². The molecule has 0 saturated heterocycles. The van der Waals surface area contributed by atoms with Gasteiger partial charge in [0.2, 0.25) is 0 Å². The topological polar surface area (TPSA) is 63.5 Å². The SMILES string of the molecule is COc1ccc(C)c2sc(N(CCCN(C)C)C(=O)c3c(C)cnn3C)nc12.Cl. The first-order chi connectivity index (χ1) is 13.3. The molecule has 0 fully saturated rings. The number of aromatic nitrogens is 3. The van der Waals surface area contributed by atoms with Crippen LogP contribution in [0.15, 0.2) is 18.3 Å². The summed E-state index contributed by atoms with van der Waals surface area (Å²) in [6.07, 6.45) is 2.57. The molecule has 2 heterocycles. The number of hydrogen-bond acceptors (Lipinski definition) is 6. The number of nitrogens with zero attached hydrogens (tertiary/aromatic N) is 5. The molecule has 7 nitrogen and oxygen atoms in total. The minimum atomic E-state index is -0.0769. The number of hydrogen-bond donors (Lipinski definition) is 0. The largest absolute Gasteiger partial charge is 0.494 e. The van der Waals surface area contributed by atoms with Crippen molar-refractivity contribution in [3.63, 3.8) is 0 Å². The second-order valence-corrected chi connectivity index (χ2v) is 8.15. The van der Waals surface area contributed by atoms with Crippen molar-refractivity contribution < 1.29 is 9.53 Å². The molecule has 0 saturated carbocycles. The lowest BCUT2D eigenvalue weighted by atomic mass is 10.2. The molecule has 3 rings (SSSR count). The minimum Gasteiger partial charge on any atom is -0.494 e. The smallest absolute Gasteiger partial charge is 0.278 e. The molecule has 0 aliphatic carbocycles. The van der Waals surface area contributed by atoms with Crippen LogP contribution < -0.4 is 9.64 Å². The molecule has 1 amide bonds. The zero-order valence-corrected chi connectivity index (χ0v) is 19.4. The third-order valence-electron chi connectivity index (χ3n) is 4.70. The fraction of sp³-hybridized carbons (Fsp3) is 0.450. The molecule has 0 spiro atoms. The lowest BCUT2D eigenvalue weighted by molar-refractivity contribution is 0.0976. The van der Waals surface area contributed by atoms with Crippen molar-refractivity contribution >= 4 is 45.0 Å². The van der Waals surface area contributed by atoms with Gasteiger partial charge in [-0.2, -0.15) is 5.10 Å². The van der Waals surface area contributed by atoms with Crippen molar-refractivity contribution in [2.24, 2.45) is 7.05 Å². The van der Waals surface area contributed by atoms with Crippen molar-refractivity contribution in [2.45, 2.75) is 20.3 Å². The van der Waals surface area contributed by atoms with Crippen molar-refractivity contribution in [1.29, 1.82) is 0 Å². The molecule has 158 valence electrons. The lowest BCUT2D eigenvalue weighted by Crippen LogP contribution is -2.35. The van der Waals surface area contributed by atoms with Crippen molar-refractivity contribution in [3.05, 3.63) is 35.2 Å². The van der Waals surface area contributed by atoms with Gasteiger partial charge in [-0.15, -0.1) is 12.4 Å². The molecular formula is C20H28ClN5O2S. The summed E-state index contributed by atoms with van der Waals surface area (Å²) in [5, 5.41) is 4.92. The Morgan fingerprint density at radius 1 is 1.21 bits per heavy atom. The normalized spacial score (nSPS) is 11.0. The van der Waals surface area contributed by atoms with Gasteiger partial charge in [-0.1, -0.05) is 17.4 Å². The number of halogens is 1. The Bertz CT molecular complexity index is 979. The maximum Gasteiger partial charge on any atom is 0.278 e. The zero-order valence-electron chi connectivity index (χ0n) is 17.7. The number of thiazole rings is 1. The second kappa shape index (κ2) is 9.56. The Balaban J connectivity index is 0.00000300. The van der Waals surface area contributed by atoms with Crippen LogP contribution in [0.4, 0.5) is 5.13 Å². The van der Waals surface area contributed by atoms with Gasteiger partial charge in [0.05, 0.1) is 18.0 Å².